The number of thioether (sulfide) groups is 2. The fourth-order valence-corrected chi connectivity index (χ4v) is 3.56. The van der Waals surface area contributed by atoms with E-state index < -0.39 is 0 Å². The minimum absolute atomic E-state index is 0.369. The minimum atomic E-state index is 0.369. The number of rotatable bonds is 7. The van der Waals surface area contributed by atoms with Gasteiger partial charge in [-0.2, -0.15) is 0 Å². The quantitative estimate of drug-likeness (QED) is 0.526. The van der Waals surface area contributed by atoms with E-state index in [1.54, 1.807) is 35.7 Å². The van der Waals surface area contributed by atoms with E-state index in [2.05, 4.69) is 40.7 Å². The van der Waals surface area contributed by atoms with Crippen LogP contribution in [0.2, 0.25) is 5.02 Å². The van der Waals surface area contributed by atoms with Crippen molar-refractivity contribution in [1.82, 2.24) is 14.8 Å². The molecule has 0 radical (unpaired) electrons. The van der Waals surface area contributed by atoms with E-state index in [-0.39, 0.29) is 0 Å². The van der Waals surface area contributed by atoms with Crippen molar-refractivity contribution in [2.24, 2.45) is 7.05 Å². The van der Waals surface area contributed by atoms with Gasteiger partial charge in [-0.3, -0.25) is 0 Å². The largest absolute Gasteiger partial charge is 0.486 e. The van der Waals surface area contributed by atoms with Crippen LogP contribution in [0.25, 0.3) is 0 Å². The summed E-state index contributed by atoms with van der Waals surface area (Å²) in [6.45, 7) is 0.369. The molecule has 0 saturated heterocycles. The maximum absolute atomic E-state index is 5.87. The van der Waals surface area contributed by atoms with E-state index in [4.69, 9.17) is 16.3 Å². The second kappa shape index (κ2) is 8.65. The summed E-state index contributed by atoms with van der Waals surface area (Å²) < 4.78 is 7.71. The molecule has 3 aromatic rings. The van der Waals surface area contributed by atoms with E-state index in [0.717, 1.165) is 22.5 Å². The highest BCUT2D eigenvalue weighted by Crippen LogP contribution is 2.23. The van der Waals surface area contributed by atoms with Gasteiger partial charge in [-0.1, -0.05) is 35.5 Å². The molecule has 7 heteroatoms. The third-order valence-electron chi connectivity index (χ3n) is 3.63. The molecule has 0 N–H and O–H groups in total. The van der Waals surface area contributed by atoms with Crippen LogP contribution >= 0.6 is 35.1 Å². The number of hydrogen-bond donors (Lipinski definition) is 0. The Morgan fingerprint density at radius 1 is 1.04 bits per heavy atom. The van der Waals surface area contributed by atoms with Gasteiger partial charge in [-0.15, -0.1) is 22.0 Å². The molecule has 130 valence electrons. The summed E-state index contributed by atoms with van der Waals surface area (Å²) in [7, 11) is 1.96. The van der Waals surface area contributed by atoms with E-state index in [9.17, 15) is 0 Å². The predicted octanol–water partition coefficient (Wildman–Crippen LogP) is 5.06. The molecular formula is C18H18ClN3OS2. The summed E-state index contributed by atoms with van der Waals surface area (Å²) in [4.78, 5) is 1.27. The Hall–Kier alpha value is -1.63. The molecule has 2 aromatic carbocycles. The molecule has 0 aliphatic heterocycles. The van der Waals surface area contributed by atoms with E-state index in [1.165, 1.54) is 10.5 Å². The highest BCUT2D eigenvalue weighted by atomic mass is 35.5. The summed E-state index contributed by atoms with van der Waals surface area (Å²) in [5.41, 5.74) is 1.27. The van der Waals surface area contributed by atoms with Gasteiger partial charge in [0.1, 0.15) is 12.4 Å². The molecule has 25 heavy (non-hydrogen) atoms. The van der Waals surface area contributed by atoms with Gasteiger partial charge in [-0.25, -0.2) is 0 Å². The first-order valence-electron chi connectivity index (χ1n) is 7.68. The van der Waals surface area contributed by atoms with Crippen LogP contribution in [0.1, 0.15) is 11.4 Å². The maximum Gasteiger partial charge on any atom is 0.191 e. The summed E-state index contributed by atoms with van der Waals surface area (Å²) in [5, 5.41) is 10.1. The Labute approximate surface area is 160 Å². The summed E-state index contributed by atoms with van der Waals surface area (Å²) in [6.07, 6.45) is 2.08. The van der Waals surface area contributed by atoms with Crippen LogP contribution in [0.5, 0.6) is 5.75 Å². The van der Waals surface area contributed by atoms with E-state index >= 15 is 0 Å². The number of benzene rings is 2. The first kappa shape index (κ1) is 18.2. The number of hydrogen-bond acceptors (Lipinski definition) is 5. The van der Waals surface area contributed by atoms with Gasteiger partial charge in [0.2, 0.25) is 0 Å². The van der Waals surface area contributed by atoms with Gasteiger partial charge in [-0.05, 0) is 48.2 Å². The van der Waals surface area contributed by atoms with Gasteiger partial charge in [0, 0.05) is 22.7 Å². The molecule has 0 fully saturated rings. The van der Waals surface area contributed by atoms with Crippen LogP contribution in [-0.2, 0) is 19.4 Å². The zero-order valence-electron chi connectivity index (χ0n) is 14.0. The van der Waals surface area contributed by atoms with Crippen molar-refractivity contribution in [2.45, 2.75) is 22.4 Å². The van der Waals surface area contributed by atoms with Crippen molar-refractivity contribution in [3.05, 3.63) is 64.9 Å². The van der Waals surface area contributed by atoms with Crippen LogP contribution < -0.4 is 4.74 Å². The van der Waals surface area contributed by atoms with Gasteiger partial charge < -0.3 is 9.30 Å². The molecule has 3 rings (SSSR count). The van der Waals surface area contributed by atoms with Crippen LogP contribution in [0, 0.1) is 0 Å². The topological polar surface area (TPSA) is 39.9 Å². The molecule has 1 heterocycles. The number of halogens is 1. The molecule has 0 aliphatic carbocycles. The summed E-state index contributed by atoms with van der Waals surface area (Å²) in [6, 6.07) is 15.9. The maximum atomic E-state index is 5.87. The average Bonchev–Trinajstić information content (AvgIpc) is 3.00. The molecule has 0 spiro atoms. The second-order valence-electron chi connectivity index (χ2n) is 5.34. The first-order chi connectivity index (χ1) is 12.2. The summed E-state index contributed by atoms with van der Waals surface area (Å²) in [5.74, 6) is 2.41. The lowest BCUT2D eigenvalue weighted by atomic mass is 10.2. The second-order valence-corrected chi connectivity index (χ2v) is 7.60. The molecule has 0 unspecified atom stereocenters. The smallest absolute Gasteiger partial charge is 0.191 e. The van der Waals surface area contributed by atoms with Crippen molar-refractivity contribution in [1.29, 1.82) is 0 Å². The van der Waals surface area contributed by atoms with Crippen LogP contribution in [-0.4, -0.2) is 21.0 Å². The van der Waals surface area contributed by atoms with Crippen molar-refractivity contribution in [3.8, 4) is 5.75 Å². The zero-order chi connectivity index (χ0) is 17.6. The Morgan fingerprint density at radius 2 is 1.76 bits per heavy atom. The fourth-order valence-electron chi connectivity index (χ4n) is 2.14. The van der Waals surface area contributed by atoms with Gasteiger partial charge in [0.05, 0.1) is 0 Å². The lowest BCUT2D eigenvalue weighted by Crippen LogP contribution is -2.04. The average molecular weight is 392 g/mol. The van der Waals surface area contributed by atoms with E-state index in [0.29, 0.717) is 11.6 Å². The SMILES string of the molecule is CSc1ccc(CSc2nnc(COc3ccc(Cl)cc3)n2C)cc1. The number of aromatic nitrogens is 3. The van der Waals surface area contributed by atoms with Crippen molar-refractivity contribution in [2.75, 3.05) is 6.26 Å². The molecule has 0 atom stereocenters. The normalized spacial score (nSPS) is 10.8. The van der Waals surface area contributed by atoms with Gasteiger partial charge >= 0.3 is 0 Å². The lowest BCUT2D eigenvalue weighted by molar-refractivity contribution is 0.290. The van der Waals surface area contributed by atoms with E-state index in [1.807, 2.05) is 23.7 Å². The predicted molar refractivity (Wildman–Crippen MR) is 105 cm³/mol. The van der Waals surface area contributed by atoms with Gasteiger partial charge in [0.25, 0.3) is 0 Å². The molecule has 0 amide bonds. The first-order valence-corrected chi connectivity index (χ1v) is 10.3. The van der Waals surface area contributed by atoms with Crippen LogP contribution in [0.15, 0.2) is 58.6 Å². The number of nitrogens with zero attached hydrogens (tertiary/aromatic N) is 3. The van der Waals surface area contributed by atoms with Crippen molar-refractivity contribution < 1.29 is 4.74 Å². The lowest BCUT2D eigenvalue weighted by Gasteiger charge is -2.07. The molecule has 0 saturated carbocycles. The minimum Gasteiger partial charge on any atom is -0.486 e. The standard InChI is InChI=1S/C18H18ClN3OS2/c1-22-17(11-23-15-7-5-14(19)6-8-15)20-21-18(22)25-12-13-3-9-16(24-2)10-4-13/h3-10H,11-12H2,1-2H3. The third kappa shape index (κ3) is 4.93. The summed E-state index contributed by atoms with van der Waals surface area (Å²) >= 11 is 9.29. The van der Waals surface area contributed by atoms with Crippen molar-refractivity contribution >= 4 is 35.1 Å². The third-order valence-corrected chi connectivity index (χ3v) is 5.72. The highest BCUT2D eigenvalue weighted by Gasteiger charge is 2.10. The number of ether oxygens (including phenoxy) is 1. The highest BCUT2D eigenvalue weighted by molar-refractivity contribution is 7.98. The Balaban J connectivity index is 1.57. The molecular weight excluding hydrogens is 374 g/mol. The van der Waals surface area contributed by atoms with Crippen molar-refractivity contribution in [3.63, 3.8) is 0 Å². The Morgan fingerprint density at radius 3 is 2.44 bits per heavy atom. The zero-order valence-corrected chi connectivity index (χ0v) is 16.4. The molecule has 1 aromatic heterocycles. The molecule has 4 nitrogen and oxygen atoms in total. The van der Waals surface area contributed by atoms with Crippen LogP contribution in [0.3, 0.4) is 0 Å². The van der Waals surface area contributed by atoms with Gasteiger partial charge in [0.15, 0.2) is 11.0 Å². The Kier molecular flexibility index (Phi) is 6.29. The molecule has 0 bridgehead atoms. The molecule has 0 aliphatic rings. The Bertz CT molecular complexity index is 819. The fraction of sp³-hybridized carbons (Fsp3) is 0.222. The monoisotopic (exact) mass is 391 g/mol. The van der Waals surface area contributed by atoms with Crippen LogP contribution in [0.4, 0.5) is 0 Å².